The van der Waals surface area contributed by atoms with Gasteiger partial charge in [-0.3, -0.25) is 4.79 Å². The Morgan fingerprint density at radius 1 is 0.806 bits per heavy atom. The Labute approximate surface area is 210 Å². The minimum absolute atomic E-state index is 0.00770. The number of piperidine rings is 1. The van der Waals surface area contributed by atoms with Crippen LogP contribution in [0.25, 0.3) is 38.7 Å². The molecule has 0 aliphatic carbocycles. The molecule has 0 N–H and O–H groups in total. The van der Waals surface area contributed by atoms with Crippen LogP contribution in [0, 0.1) is 0 Å². The molecule has 0 bridgehead atoms. The number of nitrogens with zero attached hydrogens (tertiary/aromatic N) is 5. The first kappa shape index (κ1) is 22.3. The smallest absolute Gasteiger partial charge is 0.253 e. The van der Waals surface area contributed by atoms with Gasteiger partial charge in [-0.15, -0.1) is 0 Å². The third-order valence-electron chi connectivity index (χ3n) is 7.13. The molecule has 6 rings (SSSR count). The minimum atomic E-state index is -0.00770. The first-order valence-corrected chi connectivity index (χ1v) is 12.5. The summed E-state index contributed by atoms with van der Waals surface area (Å²) in [4.78, 5) is 21.6. The number of carbonyl (C=O) groups excluding carboxylic acids is 1. The second-order valence-electron chi connectivity index (χ2n) is 9.67. The maximum absolute atomic E-state index is 12.7. The fourth-order valence-electron chi connectivity index (χ4n) is 5.19. The van der Waals surface area contributed by atoms with Crippen molar-refractivity contribution in [1.29, 1.82) is 0 Å². The lowest BCUT2D eigenvalue weighted by Gasteiger charge is -2.28. The Hall–Kier alpha value is -4.19. The van der Waals surface area contributed by atoms with E-state index < -0.39 is 0 Å². The van der Waals surface area contributed by atoms with E-state index in [4.69, 9.17) is 4.98 Å². The molecule has 1 fully saturated rings. The Morgan fingerprint density at radius 3 is 2.31 bits per heavy atom. The van der Waals surface area contributed by atoms with Gasteiger partial charge in [0.05, 0.1) is 6.20 Å². The van der Waals surface area contributed by atoms with Crippen LogP contribution in [0.4, 0.5) is 5.69 Å². The maximum Gasteiger partial charge on any atom is 0.253 e. The summed E-state index contributed by atoms with van der Waals surface area (Å²) in [7, 11) is 3.55. The van der Waals surface area contributed by atoms with Gasteiger partial charge in [-0.05, 0) is 59.4 Å². The van der Waals surface area contributed by atoms with Crippen molar-refractivity contribution in [3.63, 3.8) is 0 Å². The van der Waals surface area contributed by atoms with E-state index in [9.17, 15) is 4.79 Å². The predicted octanol–water partition coefficient (Wildman–Crippen LogP) is 5.91. The van der Waals surface area contributed by atoms with Crippen LogP contribution in [0.2, 0.25) is 0 Å². The van der Waals surface area contributed by atoms with Crippen LogP contribution in [0.3, 0.4) is 0 Å². The van der Waals surface area contributed by atoms with Gasteiger partial charge >= 0.3 is 0 Å². The molecule has 6 heteroatoms. The van der Waals surface area contributed by atoms with Gasteiger partial charge in [0.2, 0.25) is 0 Å². The molecule has 5 aromatic rings. The molecule has 0 radical (unpaired) electrons. The lowest BCUT2D eigenvalue weighted by molar-refractivity contribution is 0.0829. The predicted molar refractivity (Wildman–Crippen MR) is 145 cm³/mol. The molecule has 36 heavy (non-hydrogen) atoms. The van der Waals surface area contributed by atoms with E-state index in [0.717, 1.165) is 51.8 Å². The number of fused-ring (bicyclic) bond motifs is 2. The molecule has 0 saturated carbocycles. The average molecular weight is 476 g/mol. The molecular formula is C30H29N5O. The molecule has 3 aromatic carbocycles. The summed E-state index contributed by atoms with van der Waals surface area (Å²) in [6.45, 7) is 2.28. The first-order valence-electron chi connectivity index (χ1n) is 12.5. The lowest BCUT2D eigenvalue weighted by Crippen LogP contribution is -2.29. The third-order valence-corrected chi connectivity index (χ3v) is 7.13. The summed E-state index contributed by atoms with van der Waals surface area (Å²) in [6, 6.07) is 20.7. The molecule has 0 atom stereocenters. The van der Waals surface area contributed by atoms with Crippen LogP contribution in [-0.2, 0) is 0 Å². The van der Waals surface area contributed by atoms with Gasteiger partial charge in [0.15, 0.2) is 5.65 Å². The van der Waals surface area contributed by atoms with Gasteiger partial charge in [0.25, 0.3) is 5.91 Å². The highest BCUT2D eigenvalue weighted by molar-refractivity contribution is 6.11. The second kappa shape index (κ2) is 9.11. The Bertz CT molecular complexity index is 1560. The fraction of sp³-hybridized carbons (Fsp3) is 0.233. The summed E-state index contributed by atoms with van der Waals surface area (Å²) in [6.07, 6.45) is 9.69. The highest BCUT2D eigenvalue weighted by atomic mass is 16.2. The monoisotopic (exact) mass is 475 g/mol. The zero-order valence-electron chi connectivity index (χ0n) is 20.7. The third kappa shape index (κ3) is 3.88. The SMILES string of the molecule is CN(C)C(=O)c1ccc(-c2cnn3cc(-c4ccc(N5CCCCC5)cc4)cnc23)c2ccccc12. The highest BCUT2D eigenvalue weighted by Crippen LogP contribution is 2.34. The van der Waals surface area contributed by atoms with E-state index >= 15 is 0 Å². The molecule has 1 saturated heterocycles. The highest BCUT2D eigenvalue weighted by Gasteiger charge is 2.17. The van der Waals surface area contributed by atoms with Crippen molar-refractivity contribution in [3.05, 3.63) is 84.8 Å². The molecule has 1 aliphatic rings. The van der Waals surface area contributed by atoms with Crippen LogP contribution in [-0.4, -0.2) is 52.6 Å². The molecule has 3 heterocycles. The summed E-state index contributed by atoms with van der Waals surface area (Å²) in [5.41, 5.74) is 6.89. The first-order chi connectivity index (χ1) is 17.6. The number of hydrogen-bond acceptors (Lipinski definition) is 4. The molecule has 0 spiro atoms. The number of benzene rings is 3. The number of amides is 1. The van der Waals surface area contributed by atoms with E-state index in [1.54, 1.807) is 19.0 Å². The van der Waals surface area contributed by atoms with Crippen molar-refractivity contribution in [3.8, 4) is 22.3 Å². The molecule has 6 nitrogen and oxygen atoms in total. The van der Waals surface area contributed by atoms with Gasteiger partial charge in [-0.25, -0.2) is 9.50 Å². The minimum Gasteiger partial charge on any atom is -0.372 e. The van der Waals surface area contributed by atoms with Crippen molar-refractivity contribution in [2.45, 2.75) is 19.3 Å². The van der Waals surface area contributed by atoms with Gasteiger partial charge < -0.3 is 9.80 Å². The van der Waals surface area contributed by atoms with Gasteiger partial charge in [-0.1, -0.05) is 42.5 Å². The van der Waals surface area contributed by atoms with Crippen LogP contribution in [0.1, 0.15) is 29.6 Å². The van der Waals surface area contributed by atoms with Crippen LogP contribution in [0.15, 0.2) is 79.3 Å². The van der Waals surface area contributed by atoms with Crippen molar-refractivity contribution in [2.75, 3.05) is 32.1 Å². The van der Waals surface area contributed by atoms with Crippen LogP contribution < -0.4 is 4.90 Å². The number of rotatable bonds is 4. The fourth-order valence-corrected chi connectivity index (χ4v) is 5.19. The van der Waals surface area contributed by atoms with E-state index in [1.807, 2.05) is 53.4 Å². The summed E-state index contributed by atoms with van der Waals surface area (Å²) in [5, 5.41) is 6.58. The van der Waals surface area contributed by atoms with E-state index in [0.29, 0.717) is 5.56 Å². The molecule has 1 aliphatic heterocycles. The van der Waals surface area contributed by atoms with Crippen LogP contribution in [0.5, 0.6) is 0 Å². The number of carbonyl (C=O) groups is 1. The van der Waals surface area contributed by atoms with E-state index in [2.05, 4.69) is 40.3 Å². The summed E-state index contributed by atoms with van der Waals surface area (Å²) in [5.74, 6) is -0.00770. The Morgan fingerprint density at radius 2 is 1.56 bits per heavy atom. The topological polar surface area (TPSA) is 53.7 Å². The molecule has 0 unspecified atom stereocenters. The number of aromatic nitrogens is 3. The Kier molecular flexibility index (Phi) is 5.64. The van der Waals surface area contributed by atoms with Gasteiger partial charge in [0, 0.05) is 62.0 Å². The lowest BCUT2D eigenvalue weighted by atomic mass is 9.96. The van der Waals surface area contributed by atoms with Crippen molar-refractivity contribution >= 4 is 28.0 Å². The number of hydrogen-bond donors (Lipinski definition) is 0. The zero-order chi connectivity index (χ0) is 24.6. The number of anilines is 1. The summed E-state index contributed by atoms with van der Waals surface area (Å²) < 4.78 is 1.84. The molecular weight excluding hydrogens is 446 g/mol. The normalized spacial score (nSPS) is 13.9. The molecule has 1 amide bonds. The zero-order valence-corrected chi connectivity index (χ0v) is 20.7. The van der Waals surface area contributed by atoms with Crippen molar-refractivity contribution < 1.29 is 4.79 Å². The summed E-state index contributed by atoms with van der Waals surface area (Å²) >= 11 is 0. The largest absolute Gasteiger partial charge is 0.372 e. The average Bonchev–Trinajstić information content (AvgIpc) is 3.35. The standard InChI is InChI=1S/C30H29N5O/c1-33(2)30(36)27-15-14-26(24-8-4-5-9-25(24)27)28-19-32-35-20-22(18-31-29(28)35)21-10-12-23(13-11-21)34-16-6-3-7-17-34/h4-5,8-15,18-20H,3,6-7,16-17H2,1-2H3. The van der Waals surface area contributed by atoms with Crippen molar-refractivity contribution in [2.24, 2.45) is 0 Å². The van der Waals surface area contributed by atoms with Gasteiger partial charge in [-0.2, -0.15) is 5.10 Å². The van der Waals surface area contributed by atoms with Crippen LogP contribution >= 0.6 is 0 Å². The quantitative estimate of drug-likeness (QED) is 0.324. The van der Waals surface area contributed by atoms with Gasteiger partial charge in [0.1, 0.15) is 0 Å². The van der Waals surface area contributed by atoms with E-state index in [1.165, 1.54) is 24.9 Å². The Balaban J connectivity index is 1.36. The second-order valence-corrected chi connectivity index (χ2v) is 9.67. The molecule has 180 valence electrons. The van der Waals surface area contributed by atoms with E-state index in [-0.39, 0.29) is 5.91 Å². The molecule has 2 aromatic heterocycles. The van der Waals surface area contributed by atoms with Crippen molar-refractivity contribution in [1.82, 2.24) is 19.5 Å². The maximum atomic E-state index is 12.7.